The summed E-state index contributed by atoms with van der Waals surface area (Å²) in [5, 5.41) is 12.7. The molecule has 0 aliphatic carbocycles. The second kappa shape index (κ2) is 5.70. The molecule has 6 nitrogen and oxygen atoms in total. The molecular formula is C11H13F2N3O3. The Labute approximate surface area is 107 Å². The fourth-order valence-electron chi connectivity index (χ4n) is 1.33. The lowest BCUT2D eigenvalue weighted by Gasteiger charge is -2.14. The van der Waals surface area contributed by atoms with Crippen LogP contribution < -0.4 is 11.1 Å². The summed E-state index contributed by atoms with van der Waals surface area (Å²) < 4.78 is 25.7. The Morgan fingerprint density at radius 2 is 2.16 bits per heavy atom. The van der Waals surface area contributed by atoms with Crippen LogP contribution in [0.5, 0.6) is 0 Å². The Hall–Kier alpha value is -2.09. The molecule has 0 aliphatic heterocycles. The first-order chi connectivity index (χ1) is 8.76. The predicted octanol–water partition coefficient (Wildman–Crippen LogP) is 1.23. The number of nitrogens with zero attached hydrogens (tertiary/aromatic N) is 1. The van der Waals surface area contributed by atoms with E-state index in [1.165, 1.54) is 19.1 Å². The largest absolute Gasteiger partial charge is 0.346 e. The number of alkyl halides is 2. The molecule has 0 bridgehead atoms. The van der Waals surface area contributed by atoms with E-state index in [4.69, 9.17) is 5.73 Å². The van der Waals surface area contributed by atoms with Gasteiger partial charge in [-0.3, -0.25) is 14.9 Å². The zero-order valence-electron chi connectivity index (χ0n) is 10.2. The number of nitrogens with one attached hydrogen (secondary N) is 1. The van der Waals surface area contributed by atoms with Crippen LogP contribution in [0.3, 0.4) is 0 Å². The number of hydrogen-bond donors (Lipinski definition) is 2. The molecule has 104 valence electrons. The number of nitrogens with two attached hydrogens (primary N) is 1. The SMILES string of the molecule is Cc1ccc(C(=O)NCC(F)(F)CN)cc1[N+](=O)[O-]. The molecular weight excluding hydrogens is 260 g/mol. The van der Waals surface area contributed by atoms with Crippen molar-refractivity contribution in [1.29, 1.82) is 0 Å². The minimum absolute atomic E-state index is 0.0508. The summed E-state index contributed by atoms with van der Waals surface area (Å²) in [6.07, 6.45) is 0. The summed E-state index contributed by atoms with van der Waals surface area (Å²) in [4.78, 5) is 21.6. The highest BCUT2D eigenvalue weighted by molar-refractivity contribution is 5.95. The van der Waals surface area contributed by atoms with Crippen molar-refractivity contribution in [3.8, 4) is 0 Å². The summed E-state index contributed by atoms with van der Waals surface area (Å²) in [6, 6.07) is 3.76. The van der Waals surface area contributed by atoms with Gasteiger partial charge in [0, 0.05) is 17.2 Å². The van der Waals surface area contributed by atoms with E-state index >= 15 is 0 Å². The Kier molecular flexibility index (Phi) is 4.49. The minimum Gasteiger partial charge on any atom is -0.346 e. The van der Waals surface area contributed by atoms with Gasteiger partial charge in [0.05, 0.1) is 18.0 Å². The molecule has 0 aromatic heterocycles. The third-order valence-electron chi connectivity index (χ3n) is 2.47. The maximum Gasteiger partial charge on any atom is 0.277 e. The van der Waals surface area contributed by atoms with E-state index in [0.29, 0.717) is 5.56 Å². The number of aryl methyl sites for hydroxylation is 1. The smallest absolute Gasteiger partial charge is 0.277 e. The first-order valence-electron chi connectivity index (χ1n) is 5.38. The lowest BCUT2D eigenvalue weighted by molar-refractivity contribution is -0.385. The molecule has 0 saturated heterocycles. The van der Waals surface area contributed by atoms with Crippen LogP contribution in [0.25, 0.3) is 0 Å². The topological polar surface area (TPSA) is 98.3 Å². The van der Waals surface area contributed by atoms with Crippen LogP contribution in [0.15, 0.2) is 18.2 Å². The molecule has 0 saturated carbocycles. The van der Waals surface area contributed by atoms with Gasteiger partial charge in [-0.2, -0.15) is 0 Å². The fourth-order valence-corrected chi connectivity index (χ4v) is 1.33. The van der Waals surface area contributed by atoms with Crippen molar-refractivity contribution in [2.45, 2.75) is 12.8 Å². The van der Waals surface area contributed by atoms with Gasteiger partial charge in [0.1, 0.15) is 0 Å². The Bertz CT molecular complexity index is 506. The zero-order valence-corrected chi connectivity index (χ0v) is 10.2. The molecule has 1 amide bonds. The van der Waals surface area contributed by atoms with Crippen molar-refractivity contribution in [2.24, 2.45) is 5.73 Å². The average Bonchev–Trinajstić information content (AvgIpc) is 2.36. The van der Waals surface area contributed by atoms with Crippen molar-refractivity contribution in [2.75, 3.05) is 13.1 Å². The summed E-state index contributed by atoms with van der Waals surface area (Å²) >= 11 is 0. The minimum atomic E-state index is -3.20. The second-order valence-electron chi connectivity index (χ2n) is 4.00. The molecule has 0 atom stereocenters. The van der Waals surface area contributed by atoms with Crippen molar-refractivity contribution < 1.29 is 18.5 Å². The van der Waals surface area contributed by atoms with Gasteiger partial charge in [0.2, 0.25) is 0 Å². The van der Waals surface area contributed by atoms with Gasteiger partial charge < -0.3 is 11.1 Å². The van der Waals surface area contributed by atoms with E-state index in [-0.39, 0.29) is 11.3 Å². The van der Waals surface area contributed by atoms with E-state index < -0.39 is 29.8 Å². The second-order valence-corrected chi connectivity index (χ2v) is 4.00. The van der Waals surface area contributed by atoms with Crippen LogP contribution in [0.1, 0.15) is 15.9 Å². The predicted molar refractivity (Wildman–Crippen MR) is 64.2 cm³/mol. The molecule has 0 fully saturated rings. The molecule has 0 spiro atoms. The molecule has 8 heteroatoms. The van der Waals surface area contributed by atoms with Crippen LogP contribution in [0.4, 0.5) is 14.5 Å². The van der Waals surface area contributed by atoms with Crippen molar-refractivity contribution >= 4 is 11.6 Å². The van der Waals surface area contributed by atoms with Crippen molar-refractivity contribution in [3.05, 3.63) is 39.4 Å². The third kappa shape index (κ3) is 3.95. The molecule has 3 N–H and O–H groups in total. The quantitative estimate of drug-likeness (QED) is 0.622. The van der Waals surface area contributed by atoms with Gasteiger partial charge in [0.25, 0.3) is 17.5 Å². The van der Waals surface area contributed by atoms with E-state index in [0.717, 1.165) is 6.07 Å². The Morgan fingerprint density at radius 3 is 2.68 bits per heavy atom. The number of nitro groups is 1. The molecule has 0 heterocycles. The fraction of sp³-hybridized carbons (Fsp3) is 0.364. The molecule has 0 aliphatic rings. The molecule has 0 radical (unpaired) electrons. The number of rotatable bonds is 5. The van der Waals surface area contributed by atoms with Crippen LogP contribution in [-0.4, -0.2) is 29.8 Å². The number of hydrogen-bond acceptors (Lipinski definition) is 4. The van der Waals surface area contributed by atoms with E-state index in [1.807, 2.05) is 5.32 Å². The van der Waals surface area contributed by atoms with E-state index in [2.05, 4.69) is 0 Å². The number of halogens is 2. The molecule has 1 aromatic rings. The van der Waals surface area contributed by atoms with Crippen molar-refractivity contribution in [3.63, 3.8) is 0 Å². The highest BCUT2D eigenvalue weighted by Gasteiger charge is 2.27. The molecule has 0 unspecified atom stereocenters. The summed E-state index contributed by atoms with van der Waals surface area (Å²) in [7, 11) is 0. The lowest BCUT2D eigenvalue weighted by atomic mass is 10.1. The molecule has 1 aromatic carbocycles. The van der Waals surface area contributed by atoms with Gasteiger partial charge >= 0.3 is 0 Å². The number of carbonyl (C=O) groups is 1. The first kappa shape index (κ1) is 15.0. The average molecular weight is 273 g/mol. The normalized spacial score (nSPS) is 11.2. The van der Waals surface area contributed by atoms with Crippen LogP contribution >= 0.6 is 0 Å². The van der Waals surface area contributed by atoms with Crippen LogP contribution in [0, 0.1) is 17.0 Å². The van der Waals surface area contributed by atoms with Gasteiger partial charge in [0.15, 0.2) is 0 Å². The monoisotopic (exact) mass is 273 g/mol. The van der Waals surface area contributed by atoms with Crippen LogP contribution in [0.2, 0.25) is 0 Å². The number of benzene rings is 1. The summed E-state index contributed by atoms with van der Waals surface area (Å²) in [5.41, 5.74) is 4.92. The van der Waals surface area contributed by atoms with Gasteiger partial charge in [-0.25, -0.2) is 8.78 Å². The number of carbonyl (C=O) groups excluding carboxylic acids is 1. The maximum absolute atomic E-state index is 12.9. The number of nitro benzene ring substituents is 1. The summed E-state index contributed by atoms with van der Waals surface area (Å²) in [5.74, 6) is -4.01. The Morgan fingerprint density at radius 1 is 1.53 bits per heavy atom. The standard InChI is InChI=1S/C11H13F2N3O3/c1-7-2-3-8(4-9(7)16(18)19)10(17)15-6-11(12,13)5-14/h2-4H,5-6,14H2,1H3,(H,15,17). The zero-order chi connectivity index (χ0) is 14.6. The highest BCUT2D eigenvalue weighted by Crippen LogP contribution is 2.19. The lowest BCUT2D eigenvalue weighted by Crippen LogP contribution is -2.41. The van der Waals surface area contributed by atoms with Gasteiger partial charge in [-0.15, -0.1) is 0 Å². The van der Waals surface area contributed by atoms with Crippen molar-refractivity contribution in [1.82, 2.24) is 5.32 Å². The first-order valence-corrected chi connectivity index (χ1v) is 5.38. The van der Waals surface area contributed by atoms with Gasteiger partial charge in [-0.05, 0) is 13.0 Å². The molecule has 19 heavy (non-hydrogen) atoms. The Balaban J connectivity index is 2.84. The van der Waals surface area contributed by atoms with E-state index in [1.54, 1.807) is 0 Å². The summed E-state index contributed by atoms with van der Waals surface area (Å²) in [6.45, 7) is -0.284. The van der Waals surface area contributed by atoms with Crippen LogP contribution in [-0.2, 0) is 0 Å². The maximum atomic E-state index is 12.9. The highest BCUT2D eigenvalue weighted by atomic mass is 19.3. The number of amides is 1. The van der Waals surface area contributed by atoms with E-state index in [9.17, 15) is 23.7 Å². The van der Waals surface area contributed by atoms with Gasteiger partial charge in [-0.1, -0.05) is 6.07 Å². The third-order valence-corrected chi connectivity index (χ3v) is 2.47. The molecule has 1 rings (SSSR count).